The molecule has 3 N–H and O–H groups in total. The lowest BCUT2D eigenvalue weighted by Crippen LogP contribution is -2.22. The highest BCUT2D eigenvalue weighted by Crippen LogP contribution is 2.34. The largest absolute Gasteiger partial charge is 0.493 e. The number of aliphatic hydroxyl groups is 1. The van der Waals surface area contributed by atoms with Crippen LogP contribution < -0.4 is 10.5 Å². The number of ether oxygens (including phenoxy) is 1. The van der Waals surface area contributed by atoms with Gasteiger partial charge in [0.15, 0.2) is 0 Å². The molecule has 76 valence electrons. The van der Waals surface area contributed by atoms with Crippen LogP contribution in [-0.2, 0) is 6.61 Å². The molecule has 0 bridgehead atoms. The minimum absolute atomic E-state index is 0.165. The Morgan fingerprint density at radius 3 is 3.07 bits per heavy atom. The van der Waals surface area contributed by atoms with Gasteiger partial charge in [0.05, 0.1) is 13.2 Å². The first kappa shape index (κ1) is 9.43. The third-order valence-electron chi connectivity index (χ3n) is 2.42. The minimum Gasteiger partial charge on any atom is -0.493 e. The van der Waals surface area contributed by atoms with Gasteiger partial charge in [0, 0.05) is 24.1 Å². The monoisotopic (exact) mass is 197 g/mol. The topological polar surface area (TPSA) is 55.5 Å². The molecular formula is C10H12FNO2. The Morgan fingerprint density at radius 1 is 1.57 bits per heavy atom. The number of rotatable bonds is 1. The third-order valence-corrected chi connectivity index (χ3v) is 2.42. The van der Waals surface area contributed by atoms with Crippen molar-refractivity contribution in [1.29, 1.82) is 0 Å². The second kappa shape index (κ2) is 3.55. The van der Waals surface area contributed by atoms with E-state index in [9.17, 15) is 4.39 Å². The first-order chi connectivity index (χ1) is 6.72. The average molecular weight is 197 g/mol. The van der Waals surface area contributed by atoms with Gasteiger partial charge in [0.25, 0.3) is 0 Å². The average Bonchev–Trinajstić information content (AvgIpc) is 2.16. The second-order valence-electron chi connectivity index (χ2n) is 3.38. The molecule has 0 radical (unpaired) electrons. The van der Waals surface area contributed by atoms with Crippen LogP contribution in [0.3, 0.4) is 0 Å². The number of hydrogen-bond acceptors (Lipinski definition) is 3. The van der Waals surface area contributed by atoms with E-state index in [4.69, 9.17) is 15.6 Å². The van der Waals surface area contributed by atoms with Crippen molar-refractivity contribution in [3.05, 3.63) is 29.1 Å². The summed E-state index contributed by atoms with van der Waals surface area (Å²) in [7, 11) is 0. The van der Waals surface area contributed by atoms with Crippen molar-refractivity contribution in [1.82, 2.24) is 0 Å². The fraction of sp³-hybridized carbons (Fsp3) is 0.400. The Bertz CT molecular complexity index is 337. The molecule has 0 aromatic heterocycles. The highest BCUT2D eigenvalue weighted by Gasteiger charge is 2.22. The third kappa shape index (κ3) is 1.47. The fourth-order valence-electron chi connectivity index (χ4n) is 1.76. The Morgan fingerprint density at radius 2 is 2.36 bits per heavy atom. The van der Waals surface area contributed by atoms with Crippen LogP contribution in [0.5, 0.6) is 5.75 Å². The summed E-state index contributed by atoms with van der Waals surface area (Å²) in [5.74, 6) is 0.0645. The molecule has 0 amide bonds. The standard InChI is InChI=1S/C10H12FNO2/c11-7-3-6(5-13)10-8(12)1-2-14-9(10)4-7/h3-4,8,13H,1-2,5,12H2/t8-/m0/s1. The summed E-state index contributed by atoms with van der Waals surface area (Å²) in [5.41, 5.74) is 7.12. The molecule has 1 aliphatic heterocycles. The number of halogens is 1. The molecule has 1 heterocycles. The van der Waals surface area contributed by atoms with Crippen LogP contribution in [0.4, 0.5) is 4.39 Å². The zero-order valence-electron chi connectivity index (χ0n) is 7.66. The van der Waals surface area contributed by atoms with E-state index in [2.05, 4.69) is 0 Å². The second-order valence-corrected chi connectivity index (χ2v) is 3.38. The highest BCUT2D eigenvalue weighted by atomic mass is 19.1. The van der Waals surface area contributed by atoms with Gasteiger partial charge in [-0.05, 0) is 11.6 Å². The molecule has 1 aromatic carbocycles. The smallest absolute Gasteiger partial charge is 0.127 e. The molecule has 1 atom stereocenters. The van der Waals surface area contributed by atoms with E-state index in [1.807, 2.05) is 0 Å². The van der Waals surface area contributed by atoms with Crippen LogP contribution in [0.1, 0.15) is 23.6 Å². The van der Waals surface area contributed by atoms with Crippen LogP contribution >= 0.6 is 0 Å². The van der Waals surface area contributed by atoms with Gasteiger partial charge in [-0.25, -0.2) is 4.39 Å². The van der Waals surface area contributed by atoms with E-state index in [0.717, 1.165) is 5.56 Å². The van der Waals surface area contributed by atoms with E-state index >= 15 is 0 Å². The molecule has 4 heteroatoms. The van der Waals surface area contributed by atoms with Crippen LogP contribution in [-0.4, -0.2) is 11.7 Å². The summed E-state index contributed by atoms with van der Waals surface area (Å²) in [5, 5.41) is 9.06. The van der Waals surface area contributed by atoms with Crippen molar-refractivity contribution in [2.24, 2.45) is 5.73 Å². The van der Waals surface area contributed by atoms with Crippen LogP contribution in [0.25, 0.3) is 0 Å². The van der Waals surface area contributed by atoms with Crippen molar-refractivity contribution in [3.63, 3.8) is 0 Å². The lowest BCUT2D eigenvalue weighted by Gasteiger charge is -2.25. The van der Waals surface area contributed by atoms with E-state index in [0.29, 0.717) is 24.3 Å². The Hall–Kier alpha value is -1.13. The highest BCUT2D eigenvalue weighted by molar-refractivity contribution is 5.44. The molecular weight excluding hydrogens is 185 g/mol. The molecule has 1 aliphatic rings. The Labute approximate surface area is 81.3 Å². The van der Waals surface area contributed by atoms with Crippen molar-refractivity contribution < 1.29 is 14.2 Å². The van der Waals surface area contributed by atoms with Gasteiger partial charge in [0.2, 0.25) is 0 Å². The van der Waals surface area contributed by atoms with Gasteiger partial charge < -0.3 is 15.6 Å². The minimum atomic E-state index is -0.401. The molecule has 0 saturated heterocycles. The maximum atomic E-state index is 13.0. The fourth-order valence-corrected chi connectivity index (χ4v) is 1.76. The maximum absolute atomic E-state index is 13.0. The summed E-state index contributed by atoms with van der Waals surface area (Å²) in [6, 6.07) is 2.45. The number of aliphatic hydroxyl groups excluding tert-OH is 1. The van der Waals surface area contributed by atoms with Gasteiger partial charge in [-0.2, -0.15) is 0 Å². The normalized spacial score (nSPS) is 20.1. The van der Waals surface area contributed by atoms with Gasteiger partial charge in [0.1, 0.15) is 11.6 Å². The molecule has 2 rings (SSSR count). The summed E-state index contributed by atoms with van der Waals surface area (Å²) >= 11 is 0. The summed E-state index contributed by atoms with van der Waals surface area (Å²) < 4.78 is 18.3. The van der Waals surface area contributed by atoms with Gasteiger partial charge >= 0.3 is 0 Å². The molecule has 0 spiro atoms. The van der Waals surface area contributed by atoms with E-state index in [1.165, 1.54) is 12.1 Å². The maximum Gasteiger partial charge on any atom is 0.127 e. The molecule has 0 unspecified atom stereocenters. The molecule has 0 aliphatic carbocycles. The van der Waals surface area contributed by atoms with Crippen molar-refractivity contribution in [2.45, 2.75) is 19.1 Å². The lowest BCUT2D eigenvalue weighted by molar-refractivity contribution is 0.252. The SMILES string of the molecule is N[C@H]1CCOc2cc(F)cc(CO)c21. The van der Waals surface area contributed by atoms with Crippen molar-refractivity contribution in [3.8, 4) is 5.75 Å². The predicted molar refractivity (Wildman–Crippen MR) is 49.4 cm³/mol. The number of nitrogens with two attached hydrogens (primary N) is 1. The quantitative estimate of drug-likeness (QED) is 0.708. The van der Waals surface area contributed by atoms with E-state index in [1.54, 1.807) is 0 Å². The number of fused-ring (bicyclic) bond motifs is 1. The van der Waals surface area contributed by atoms with Crippen molar-refractivity contribution >= 4 is 0 Å². The summed E-state index contributed by atoms with van der Waals surface area (Å²) in [6.45, 7) is 0.291. The molecule has 0 fully saturated rings. The van der Waals surface area contributed by atoms with Crippen molar-refractivity contribution in [2.75, 3.05) is 6.61 Å². The van der Waals surface area contributed by atoms with Gasteiger partial charge in [-0.15, -0.1) is 0 Å². The molecule has 14 heavy (non-hydrogen) atoms. The van der Waals surface area contributed by atoms with Crippen LogP contribution in [0.15, 0.2) is 12.1 Å². The van der Waals surface area contributed by atoms with Crippen LogP contribution in [0, 0.1) is 5.82 Å². The van der Waals surface area contributed by atoms with Crippen LogP contribution in [0.2, 0.25) is 0 Å². The summed E-state index contributed by atoms with van der Waals surface area (Å²) in [4.78, 5) is 0. The first-order valence-corrected chi connectivity index (χ1v) is 4.54. The zero-order chi connectivity index (χ0) is 10.1. The van der Waals surface area contributed by atoms with E-state index < -0.39 is 5.82 Å². The molecule has 1 aromatic rings. The predicted octanol–water partition coefficient (Wildman–Crippen LogP) is 1.10. The Balaban J connectivity index is 2.55. The number of hydrogen-bond donors (Lipinski definition) is 2. The van der Waals surface area contributed by atoms with E-state index in [-0.39, 0.29) is 12.6 Å². The Kier molecular flexibility index (Phi) is 2.39. The zero-order valence-corrected chi connectivity index (χ0v) is 7.66. The molecule has 0 saturated carbocycles. The first-order valence-electron chi connectivity index (χ1n) is 4.54. The number of benzene rings is 1. The van der Waals surface area contributed by atoms with Gasteiger partial charge in [-0.1, -0.05) is 0 Å². The lowest BCUT2D eigenvalue weighted by atomic mass is 9.96. The summed E-state index contributed by atoms with van der Waals surface area (Å²) in [6.07, 6.45) is 0.700. The molecule has 3 nitrogen and oxygen atoms in total. The van der Waals surface area contributed by atoms with Gasteiger partial charge in [-0.3, -0.25) is 0 Å².